The molecule has 1 unspecified atom stereocenters. The van der Waals surface area contributed by atoms with Crippen molar-refractivity contribution >= 4 is 0 Å². The normalized spacial score (nSPS) is 12.2. The van der Waals surface area contributed by atoms with Crippen molar-refractivity contribution in [3.05, 3.63) is 0 Å². The van der Waals surface area contributed by atoms with E-state index in [0.717, 1.165) is 19.3 Å². The highest BCUT2D eigenvalue weighted by molar-refractivity contribution is 4.45. The fourth-order valence-electron chi connectivity index (χ4n) is 0.713. The lowest BCUT2D eigenvalue weighted by atomic mass is 10.1. The first-order valence-corrected chi connectivity index (χ1v) is 5.41. The van der Waals surface area contributed by atoms with Crippen LogP contribution in [0.15, 0.2) is 0 Å². The molecule has 0 aliphatic carbocycles. The topological polar surface area (TPSA) is 40.5 Å². The largest absolute Gasteiger partial charge is 0.396 e. The lowest BCUT2D eigenvalue weighted by Gasteiger charge is -2.01. The van der Waals surface area contributed by atoms with Crippen LogP contribution in [0.1, 0.15) is 53.4 Å². The molecule has 0 aliphatic rings. The van der Waals surface area contributed by atoms with E-state index in [2.05, 4.69) is 13.8 Å². The summed E-state index contributed by atoms with van der Waals surface area (Å²) < 4.78 is 0. The van der Waals surface area contributed by atoms with Gasteiger partial charge in [-0.2, -0.15) is 0 Å². The summed E-state index contributed by atoms with van der Waals surface area (Å²) in [6.45, 7) is 8.59. The Morgan fingerprint density at radius 1 is 1.00 bits per heavy atom. The summed E-state index contributed by atoms with van der Waals surface area (Å²) in [5.74, 6) is 0.699. The van der Waals surface area contributed by atoms with Crippen LogP contribution in [0.5, 0.6) is 0 Å². The molecule has 1 atom stereocenters. The van der Waals surface area contributed by atoms with Gasteiger partial charge in [-0.05, 0) is 25.2 Å². The van der Waals surface area contributed by atoms with Crippen molar-refractivity contribution in [1.82, 2.24) is 0 Å². The molecule has 0 rings (SSSR count). The van der Waals surface area contributed by atoms with Crippen molar-refractivity contribution in [3.8, 4) is 0 Å². The molecule has 2 heteroatoms. The van der Waals surface area contributed by atoms with Crippen LogP contribution in [0.4, 0.5) is 0 Å². The van der Waals surface area contributed by atoms with Crippen LogP contribution in [0.3, 0.4) is 0 Å². The van der Waals surface area contributed by atoms with Gasteiger partial charge in [0, 0.05) is 6.61 Å². The molecule has 0 spiro atoms. The quantitative estimate of drug-likeness (QED) is 0.699. The van der Waals surface area contributed by atoms with Gasteiger partial charge in [-0.15, -0.1) is 0 Å². The van der Waals surface area contributed by atoms with Crippen LogP contribution in [-0.4, -0.2) is 22.9 Å². The van der Waals surface area contributed by atoms with E-state index >= 15 is 0 Å². The van der Waals surface area contributed by atoms with Crippen LogP contribution in [0, 0.1) is 5.92 Å². The minimum absolute atomic E-state index is 0.0648. The van der Waals surface area contributed by atoms with Crippen molar-refractivity contribution in [3.63, 3.8) is 0 Å². The summed E-state index contributed by atoms with van der Waals surface area (Å²) in [5, 5.41) is 17.0. The highest BCUT2D eigenvalue weighted by atomic mass is 16.3. The standard InChI is InChI=1S/C6H14O.C5H12O/c1-3-6(2)4-5-7;1-3-5(6)4-2/h6-7H,3-5H2,1-2H3;5-6H,3-4H2,1-2H3. The minimum Gasteiger partial charge on any atom is -0.396 e. The highest BCUT2D eigenvalue weighted by Gasteiger charge is 1.93. The molecule has 82 valence electrons. The molecule has 2 nitrogen and oxygen atoms in total. The number of aliphatic hydroxyl groups excluding tert-OH is 2. The molecule has 0 heterocycles. The third kappa shape index (κ3) is 14.7. The molecule has 0 aromatic heterocycles. The predicted octanol–water partition coefficient (Wildman–Crippen LogP) is 2.58. The molecular formula is C11H26O2. The van der Waals surface area contributed by atoms with E-state index in [1.54, 1.807) is 0 Å². The number of hydrogen-bond donors (Lipinski definition) is 2. The second kappa shape index (κ2) is 11.9. The Bertz CT molecular complexity index is 80.2. The van der Waals surface area contributed by atoms with Gasteiger partial charge in [-0.1, -0.05) is 34.1 Å². The maximum absolute atomic E-state index is 8.67. The summed E-state index contributed by atoms with van der Waals surface area (Å²) >= 11 is 0. The molecule has 0 aromatic rings. The van der Waals surface area contributed by atoms with E-state index in [9.17, 15) is 0 Å². The fraction of sp³-hybridized carbons (Fsp3) is 1.00. The van der Waals surface area contributed by atoms with Crippen molar-refractivity contribution in [2.75, 3.05) is 6.61 Å². The van der Waals surface area contributed by atoms with Gasteiger partial charge < -0.3 is 10.2 Å². The maximum Gasteiger partial charge on any atom is 0.0535 e. The van der Waals surface area contributed by atoms with Gasteiger partial charge in [0.1, 0.15) is 0 Å². The van der Waals surface area contributed by atoms with Crippen LogP contribution in [0.2, 0.25) is 0 Å². The second-order valence-corrected chi connectivity index (χ2v) is 3.50. The van der Waals surface area contributed by atoms with E-state index in [-0.39, 0.29) is 6.10 Å². The zero-order valence-electron chi connectivity index (χ0n) is 9.58. The first-order valence-electron chi connectivity index (χ1n) is 5.41. The van der Waals surface area contributed by atoms with Crippen LogP contribution >= 0.6 is 0 Å². The first kappa shape index (κ1) is 15.4. The molecular weight excluding hydrogens is 164 g/mol. The molecule has 13 heavy (non-hydrogen) atoms. The molecule has 0 bridgehead atoms. The van der Waals surface area contributed by atoms with Gasteiger partial charge in [-0.3, -0.25) is 0 Å². The van der Waals surface area contributed by atoms with Gasteiger partial charge in [0.15, 0.2) is 0 Å². The van der Waals surface area contributed by atoms with Crippen LogP contribution < -0.4 is 0 Å². The van der Waals surface area contributed by atoms with Crippen molar-refractivity contribution in [1.29, 1.82) is 0 Å². The number of rotatable bonds is 5. The average Bonchev–Trinajstić information content (AvgIpc) is 2.18. The lowest BCUT2D eigenvalue weighted by Crippen LogP contribution is -1.99. The van der Waals surface area contributed by atoms with Gasteiger partial charge in [0.2, 0.25) is 0 Å². The third-order valence-corrected chi connectivity index (χ3v) is 2.26. The molecule has 0 saturated carbocycles. The van der Waals surface area contributed by atoms with Gasteiger partial charge >= 0.3 is 0 Å². The summed E-state index contributed by atoms with van der Waals surface area (Å²) in [6, 6.07) is 0. The molecule has 0 saturated heterocycles. The minimum atomic E-state index is -0.0648. The number of aliphatic hydroxyl groups is 2. The molecule has 2 N–H and O–H groups in total. The first-order chi connectivity index (χ1) is 6.12. The van der Waals surface area contributed by atoms with E-state index in [1.165, 1.54) is 6.42 Å². The Kier molecular flexibility index (Phi) is 14.1. The second-order valence-electron chi connectivity index (χ2n) is 3.50. The third-order valence-electron chi connectivity index (χ3n) is 2.26. The Morgan fingerprint density at radius 2 is 1.46 bits per heavy atom. The van der Waals surface area contributed by atoms with Gasteiger partial charge in [0.25, 0.3) is 0 Å². The number of hydrogen-bond acceptors (Lipinski definition) is 2. The predicted molar refractivity (Wildman–Crippen MR) is 57.7 cm³/mol. The SMILES string of the molecule is CCC(C)CCO.CCC(O)CC. The molecule has 0 radical (unpaired) electrons. The molecule has 0 amide bonds. The Balaban J connectivity index is 0. The fourth-order valence-corrected chi connectivity index (χ4v) is 0.713. The summed E-state index contributed by atoms with van der Waals surface area (Å²) in [5.41, 5.74) is 0. The Hall–Kier alpha value is -0.0800. The molecule has 0 aromatic carbocycles. The van der Waals surface area contributed by atoms with Crippen molar-refractivity contribution in [2.24, 2.45) is 5.92 Å². The van der Waals surface area contributed by atoms with Gasteiger partial charge in [0.05, 0.1) is 6.10 Å². The smallest absolute Gasteiger partial charge is 0.0535 e. The van der Waals surface area contributed by atoms with Gasteiger partial charge in [-0.25, -0.2) is 0 Å². The lowest BCUT2D eigenvalue weighted by molar-refractivity contribution is 0.166. The monoisotopic (exact) mass is 190 g/mol. The average molecular weight is 190 g/mol. The van der Waals surface area contributed by atoms with Crippen LogP contribution in [-0.2, 0) is 0 Å². The summed E-state index contributed by atoms with van der Waals surface area (Å²) in [4.78, 5) is 0. The Labute approximate surface area is 83.0 Å². The summed E-state index contributed by atoms with van der Waals surface area (Å²) in [7, 11) is 0. The van der Waals surface area contributed by atoms with Crippen molar-refractivity contribution in [2.45, 2.75) is 59.5 Å². The zero-order chi connectivity index (χ0) is 10.7. The van der Waals surface area contributed by atoms with E-state index in [1.807, 2.05) is 13.8 Å². The maximum atomic E-state index is 8.67. The zero-order valence-corrected chi connectivity index (χ0v) is 9.58. The Morgan fingerprint density at radius 3 is 1.54 bits per heavy atom. The highest BCUT2D eigenvalue weighted by Crippen LogP contribution is 2.03. The molecule has 0 fully saturated rings. The van der Waals surface area contributed by atoms with E-state index in [0.29, 0.717) is 12.5 Å². The summed E-state index contributed by atoms with van der Waals surface area (Å²) in [6.07, 6.45) is 3.84. The van der Waals surface area contributed by atoms with E-state index in [4.69, 9.17) is 10.2 Å². The van der Waals surface area contributed by atoms with Crippen LogP contribution in [0.25, 0.3) is 0 Å². The van der Waals surface area contributed by atoms with Crippen molar-refractivity contribution < 1.29 is 10.2 Å². The molecule has 0 aliphatic heterocycles. The van der Waals surface area contributed by atoms with E-state index < -0.39 is 0 Å².